The van der Waals surface area contributed by atoms with Crippen LogP contribution in [0.5, 0.6) is 11.5 Å². The first kappa shape index (κ1) is 18.2. The van der Waals surface area contributed by atoms with Crippen LogP contribution in [0.3, 0.4) is 0 Å². The number of sulfonamides is 1. The summed E-state index contributed by atoms with van der Waals surface area (Å²) in [6.45, 7) is 1.07. The summed E-state index contributed by atoms with van der Waals surface area (Å²) in [6.07, 6.45) is 0. The largest absolute Gasteiger partial charge is 0.493 e. The first-order valence-electron chi connectivity index (χ1n) is 6.25. The molecule has 0 amide bonds. The Morgan fingerprint density at radius 1 is 1.32 bits per heavy atom. The molecule has 1 rings (SSSR count). The van der Waals surface area contributed by atoms with Crippen molar-refractivity contribution in [2.75, 3.05) is 27.8 Å². The van der Waals surface area contributed by atoms with Crippen LogP contribution in [0.25, 0.3) is 0 Å². The van der Waals surface area contributed by atoms with Gasteiger partial charge in [-0.15, -0.1) is 0 Å². The van der Waals surface area contributed by atoms with E-state index in [1.807, 2.05) is 0 Å². The van der Waals surface area contributed by atoms with Gasteiger partial charge in [0, 0.05) is 25.7 Å². The Kier molecular flexibility index (Phi) is 5.72. The van der Waals surface area contributed by atoms with Gasteiger partial charge in [0.1, 0.15) is 10.7 Å². The molecule has 1 aromatic carbocycles. The Morgan fingerprint density at radius 3 is 2.27 bits per heavy atom. The van der Waals surface area contributed by atoms with E-state index in [9.17, 15) is 17.6 Å². The minimum absolute atomic E-state index is 0.0560. The molecule has 1 N–H and O–H groups in total. The summed E-state index contributed by atoms with van der Waals surface area (Å²) in [5, 5.41) is 8.84. The SMILES string of the molecule is COc1cc(F)c(S(=O)(=O)N(C)CC(C)C(=O)O)cc1OC. The van der Waals surface area contributed by atoms with Gasteiger partial charge in [-0.3, -0.25) is 4.79 Å². The molecule has 0 spiro atoms. The van der Waals surface area contributed by atoms with Crippen LogP contribution in [0.2, 0.25) is 0 Å². The van der Waals surface area contributed by atoms with Gasteiger partial charge in [-0.25, -0.2) is 12.8 Å². The molecule has 0 aliphatic carbocycles. The van der Waals surface area contributed by atoms with E-state index in [0.29, 0.717) is 0 Å². The van der Waals surface area contributed by atoms with Crippen molar-refractivity contribution in [3.05, 3.63) is 17.9 Å². The maximum absolute atomic E-state index is 14.0. The van der Waals surface area contributed by atoms with Crippen molar-refractivity contribution in [2.45, 2.75) is 11.8 Å². The van der Waals surface area contributed by atoms with Crippen LogP contribution in [0.1, 0.15) is 6.92 Å². The summed E-state index contributed by atoms with van der Waals surface area (Å²) in [5.41, 5.74) is 0. The molecule has 1 unspecified atom stereocenters. The van der Waals surface area contributed by atoms with Crippen LogP contribution in [0, 0.1) is 11.7 Å². The smallest absolute Gasteiger partial charge is 0.307 e. The van der Waals surface area contributed by atoms with Crippen molar-refractivity contribution >= 4 is 16.0 Å². The topological polar surface area (TPSA) is 93.1 Å². The average molecular weight is 335 g/mol. The monoisotopic (exact) mass is 335 g/mol. The zero-order chi connectivity index (χ0) is 17.1. The molecule has 7 nitrogen and oxygen atoms in total. The standard InChI is InChI=1S/C13H18FNO6S/c1-8(13(16)17)7-15(2)22(18,19)12-6-11(21-4)10(20-3)5-9(12)14/h5-6,8H,7H2,1-4H3,(H,16,17). The van der Waals surface area contributed by atoms with Gasteiger partial charge in [0.2, 0.25) is 10.0 Å². The van der Waals surface area contributed by atoms with Crippen molar-refractivity contribution in [1.82, 2.24) is 4.31 Å². The molecule has 22 heavy (non-hydrogen) atoms. The molecule has 0 heterocycles. The number of carboxylic acids is 1. The van der Waals surface area contributed by atoms with Crippen LogP contribution in [-0.4, -0.2) is 51.6 Å². The van der Waals surface area contributed by atoms with Crippen LogP contribution >= 0.6 is 0 Å². The fourth-order valence-corrected chi connectivity index (χ4v) is 3.08. The molecule has 9 heteroatoms. The molecular formula is C13H18FNO6S. The van der Waals surface area contributed by atoms with Crippen molar-refractivity contribution in [2.24, 2.45) is 5.92 Å². The van der Waals surface area contributed by atoms with Gasteiger partial charge in [0.15, 0.2) is 11.5 Å². The first-order valence-corrected chi connectivity index (χ1v) is 7.69. The quantitative estimate of drug-likeness (QED) is 0.804. The van der Waals surface area contributed by atoms with E-state index < -0.39 is 32.6 Å². The van der Waals surface area contributed by atoms with Crippen molar-refractivity contribution < 1.29 is 32.2 Å². The second-order valence-corrected chi connectivity index (χ2v) is 6.68. The molecule has 1 atom stereocenters. The fourth-order valence-electron chi connectivity index (χ4n) is 1.76. The predicted molar refractivity (Wildman–Crippen MR) is 76.1 cm³/mol. The number of aliphatic carboxylic acids is 1. The second kappa shape index (κ2) is 6.93. The predicted octanol–water partition coefficient (Wildman–Crippen LogP) is 1.18. The number of halogens is 1. The van der Waals surface area contributed by atoms with E-state index in [1.165, 1.54) is 28.2 Å². The number of nitrogens with zero attached hydrogens (tertiary/aromatic N) is 1. The molecule has 0 saturated heterocycles. The Morgan fingerprint density at radius 2 is 1.82 bits per heavy atom. The summed E-state index contributed by atoms with van der Waals surface area (Å²) in [7, 11) is -0.419. The van der Waals surface area contributed by atoms with Gasteiger partial charge in [-0.2, -0.15) is 4.31 Å². The lowest BCUT2D eigenvalue weighted by Crippen LogP contribution is -2.34. The average Bonchev–Trinajstić information content (AvgIpc) is 2.46. The zero-order valence-electron chi connectivity index (χ0n) is 12.7. The van der Waals surface area contributed by atoms with Gasteiger partial charge < -0.3 is 14.6 Å². The third-order valence-corrected chi connectivity index (χ3v) is 4.92. The highest BCUT2D eigenvalue weighted by Crippen LogP contribution is 2.33. The maximum atomic E-state index is 14.0. The number of methoxy groups -OCH3 is 2. The van der Waals surface area contributed by atoms with Crippen molar-refractivity contribution in [3.8, 4) is 11.5 Å². The normalized spacial score (nSPS) is 13.0. The molecule has 1 aromatic rings. The zero-order valence-corrected chi connectivity index (χ0v) is 13.5. The third kappa shape index (κ3) is 3.66. The van der Waals surface area contributed by atoms with E-state index in [0.717, 1.165) is 16.4 Å². The molecule has 0 aromatic heterocycles. The van der Waals surface area contributed by atoms with E-state index in [1.54, 1.807) is 0 Å². The molecular weight excluding hydrogens is 317 g/mol. The number of carboxylic acid groups (broad SMARTS) is 1. The first-order chi connectivity index (χ1) is 10.1. The second-order valence-electron chi connectivity index (χ2n) is 4.66. The number of ether oxygens (including phenoxy) is 2. The molecule has 0 aliphatic heterocycles. The van der Waals surface area contributed by atoms with Crippen molar-refractivity contribution in [1.29, 1.82) is 0 Å². The highest BCUT2D eigenvalue weighted by atomic mass is 32.2. The fraction of sp³-hybridized carbons (Fsp3) is 0.462. The summed E-state index contributed by atoms with van der Waals surface area (Å²) in [4.78, 5) is 10.2. The Bertz CT molecular complexity index is 661. The van der Waals surface area contributed by atoms with E-state index >= 15 is 0 Å². The summed E-state index contributed by atoms with van der Waals surface area (Å²) in [5.74, 6) is -2.96. The minimum Gasteiger partial charge on any atom is -0.493 e. The summed E-state index contributed by atoms with van der Waals surface area (Å²) < 4.78 is 49.4. The van der Waals surface area contributed by atoms with Crippen LogP contribution in [-0.2, 0) is 14.8 Å². The molecule has 124 valence electrons. The summed E-state index contributed by atoms with van der Waals surface area (Å²) in [6, 6.07) is 1.91. The maximum Gasteiger partial charge on any atom is 0.307 e. The van der Waals surface area contributed by atoms with Gasteiger partial charge in [-0.1, -0.05) is 6.92 Å². The lowest BCUT2D eigenvalue weighted by atomic mass is 10.2. The van der Waals surface area contributed by atoms with Gasteiger partial charge >= 0.3 is 5.97 Å². The van der Waals surface area contributed by atoms with Crippen LogP contribution in [0.4, 0.5) is 4.39 Å². The molecule has 0 fully saturated rings. The van der Waals surface area contributed by atoms with E-state index in [-0.39, 0.29) is 18.0 Å². The Hall–Kier alpha value is -1.87. The van der Waals surface area contributed by atoms with Gasteiger partial charge in [-0.05, 0) is 0 Å². The van der Waals surface area contributed by atoms with Crippen LogP contribution in [0.15, 0.2) is 17.0 Å². The molecule has 0 radical (unpaired) electrons. The lowest BCUT2D eigenvalue weighted by Gasteiger charge is -2.20. The summed E-state index contributed by atoms with van der Waals surface area (Å²) >= 11 is 0. The minimum atomic E-state index is -4.20. The third-order valence-electron chi connectivity index (χ3n) is 3.08. The molecule has 0 aliphatic rings. The highest BCUT2D eigenvalue weighted by Gasteiger charge is 2.29. The number of benzene rings is 1. The van der Waals surface area contributed by atoms with E-state index in [2.05, 4.69) is 0 Å². The van der Waals surface area contributed by atoms with Crippen LogP contribution < -0.4 is 9.47 Å². The number of hydrogen-bond donors (Lipinski definition) is 1. The van der Waals surface area contributed by atoms with Gasteiger partial charge in [0.05, 0.1) is 20.1 Å². The number of hydrogen-bond acceptors (Lipinski definition) is 5. The van der Waals surface area contributed by atoms with E-state index in [4.69, 9.17) is 14.6 Å². The number of carbonyl (C=O) groups is 1. The Balaban J connectivity index is 3.25. The highest BCUT2D eigenvalue weighted by molar-refractivity contribution is 7.89. The van der Waals surface area contributed by atoms with Gasteiger partial charge in [0.25, 0.3) is 0 Å². The lowest BCUT2D eigenvalue weighted by molar-refractivity contribution is -0.141. The Labute approximate surface area is 128 Å². The molecule has 0 saturated carbocycles. The number of rotatable bonds is 7. The molecule has 0 bridgehead atoms. The van der Waals surface area contributed by atoms with Crippen molar-refractivity contribution in [3.63, 3.8) is 0 Å².